The Labute approximate surface area is 104 Å². The summed E-state index contributed by atoms with van der Waals surface area (Å²) in [6.07, 6.45) is 0. The molecule has 0 spiro atoms. The van der Waals surface area contributed by atoms with Crippen LogP contribution in [0.1, 0.15) is 5.56 Å². The monoisotopic (exact) mass is 255 g/mol. The molecule has 7 heteroatoms. The van der Waals surface area contributed by atoms with E-state index in [2.05, 4.69) is 15.5 Å². The van der Waals surface area contributed by atoms with E-state index in [9.17, 15) is 0 Å². The molecule has 0 atom stereocenters. The van der Waals surface area contributed by atoms with Crippen LogP contribution >= 0.6 is 11.6 Å². The predicted molar refractivity (Wildman–Crippen MR) is 68.9 cm³/mol. The fourth-order valence-electron chi connectivity index (χ4n) is 1.07. The van der Waals surface area contributed by atoms with E-state index in [1.165, 1.54) is 0 Å². The van der Waals surface area contributed by atoms with E-state index in [0.29, 0.717) is 6.54 Å². The first-order valence-electron chi connectivity index (χ1n) is 4.80. The highest BCUT2D eigenvalue weighted by Gasteiger charge is 1.95. The SMILES string of the molecule is COc1ccc(CN/C(N)=N/N=C(\N)Cl)cc1. The molecule has 0 aliphatic heterocycles. The van der Waals surface area contributed by atoms with Crippen LogP contribution in [-0.2, 0) is 6.54 Å². The molecule has 1 aromatic rings. The number of hydrogen-bond acceptors (Lipinski definition) is 3. The highest BCUT2D eigenvalue weighted by atomic mass is 35.5. The maximum absolute atomic E-state index is 5.52. The van der Waals surface area contributed by atoms with Gasteiger partial charge in [0.05, 0.1) is 7.11 Å². The van der Waals surface area contributed by atoms with E-state index in [4.69, 9.17) is 27.8 Å². The molecule has 0 amide bonds. The van der Waals surface area contributed by atoms with Gasteiger partial charge in [-0.1, -0.05) is 12.1 Å². The smallest absolute Gasteiger partial charge is 0.214 e. The molecule has 1 aromatic carbocycles. The van der Waals surface area contributed by atoms with Gasteiger partial charge >= 0.3 is 0 Å². The third kappa shape index (κ3) is 5.07. The van der Waals surface area contributed by atoms with Crippen molar-refractivity contribution in [3.05, 3.63) is 29.8 Å². The van der Waals surface area contributed by atoms with Crippen molar-refractivity contribution in [2.75, 3.05) is 7.11 Å². The van der Waals surface area contributed by atoms with Crippen LogP contribution in [0.2, 0.25) is 0 Å². The molecular weight excluding hydrogens is 242 g/mol. The first-order valence-corrected chi connectivity index (χ1v) is 5.18. The first kappa shape index (κ1) is 13.1. The maximum Gasteiger partial charge on any atom is 0.214 e. The van der Waals surface area contributed by atoms with Crippen LogP contribution < -0.4 is 21.5 Å². The fraction of sp³-hybridized carbons (Fsp3) is 0.200. The standard InChI is InChI=1S/C10H14ClN5O/c1-17-8-4-2-7(3-5-8)6-14-10(13)16-15-9(11)12/h2-5H,6H2,1H3,(H2,12,15)(H3,13,14,16). The summed E-state index contributed by atoms with van der Waals surface area (Å²) in [7, 11) is 1.62. The lowest BCUT2D eigenvalue weighted by molar-refractivity contribution is 0.414. The van der Waals surface area contributed by atoms with Gasteiger partial charge in [-0.25, -0.2) is 0 Å². The van der Waals surface area contributed by atoms with Gasteiger partial charge in [0.15, 0.2) is 0 Å². The Balaban J connectivity index is 2.49. The number of nitrogens with one attached hydrogen (secondary N) is 1. The minimum Gasteiger partial charge on any atom is -0.497 e. The molecular formula is C10H14ClN5O. The van der Waals surface area contributed by atoms with Crippen LogP contribution in [0, 0.1) is 0 Å². The number of rotatable bonds is 4. The van der Waals surface area contributed by atoms with Gasteiger partial charge in [0.25, 0.3) is 0 Å². The lowest BCUT2D eigenvalue weighted by Crippen LogP contribution is -2.30. The number of ether oxygens (including phenoxy) is 1. The van der Waals surface area contributed by atoms with Crippen LogP contribution in [0.5, 0.6) is 5.75 Å². The number of halogens is 1. The minimum atomic E-state index is -0.167. The van der Waals surface area contributed by atoms with Gasteiger partial charge in [-0.2, -0.15) is 0 Å². The minimum absolute atomic E-state index is 0.143. The largest absolute Gasteiger partial charge is 0.497 e. The van der Waals surface area contributed by atoms with Crippen LogP contribution in [0.3, 0.4) is 0 Å². The molecule has 0 fully saturated rings. The van der Waals surface area contributed by atoms with Gasteiger partial charge in [0, 0.05) is 6.54 Å². The van der Waals surface area contributed by atoms with Gasteiger partial charge in [-0.15, -0.1) is 10.2 Å². The Hall–Kier alpha value is -1.95. The number of amidine groups is 1. The molecule has 0 radical (unpaired) electrons. The van der Waals surface area contributed by atoms with Gasteiger partial charge in [-0.3, -0.25) is 0 Å². The fourth-order valence-corrected chi connectivity index (χ4v) is 1.11. The van der Waals surface area contributed by atoms with Crippen molar-refractivity contribution in [3.8, 4) is 5.75 Å². The second-order valence-electron chi connectivity index (χ2n) is 3.11. The van der Waals surface area contributed by atoms with Crippen molar-refractivity contribution in [3.63, 3.8) is 0 Å². The van der Waals surface area contributed by atoms with Crippen LogP contribution in [0.25, 0.3) is 0 Å². The lowest BCUT2D eigenvalue weighted by atomic mass is 10.2. The Morgan fingerprint density at radius 3 is 2.47 bits per heavy atom. The van der Waals surface area contributed by atoms with Crippen LogP contribution in [0.15, 0.2) is 34.5 Å². The average Bonchev–Trinajstić information content (AvgIpc) is 2.34. The Kier molecular flexibility index (Phi) is 5.09. The molecule has 0 saturated carbocycles. The summed E-state index contributed by atoms with van der Waals surface area (Å²) in [5.74, 6) is 0.944. The van der Waals surface area contributed by atoms with Gasteiger partial charge < -0.3 is 21.5 Å². The third-order valence-electron chi connectivity index (χ3n) is 1.89. The Morgan fingerprint density at radius 2 is 1.94 bits per heavy atom. The summed E-state index contributed by atoms with van der Waals surface area (Å²) in [5, 5.41) is 9.66. The molecule has 1 rings (SSSR count). The van der Waals surface area contributed by atoms with Crippen molar-refractivity contribution in [1.29, 1.82) is 0 Å². The molecule has 0 aromatic heterocycles. The zero-order chi connectivity index (χ0) is 12.7. The van der Waals surface area contributed by atoms with Crippen LogP contribution in [-0.4, -0.2) is 18.4 Å². The highest BCUT2D eigenvalue weighted by Crippen LogP contribution is 2.10. The summed E-state index contributed by atoms with van der Waals surface area (Å²) >= 11 is 5.30. The number of hydrogen-bond donors (Lipinski definition) is 3. The number of guanidine groups is 1. The van der Waals surface area contributed by atoms with Crippen LogP contribution in [0.4, 0.5) is 0 Å². The second kappa shape index (κ2) is 6.59. The van der Waals surface area contributed by atoms with Gasteiger partial charge in [0.2, 0.25) is 11.3 Å². The molecule has 0 saturated heterocycles. The number of benzene rings is 1. The molecule has 17 heavy (non-hydrogen) atoms. The predicted octanol–water partition coefficient (Wildman–Crippen LogP) is 0.568. The average molecular weight is 256 g/mol. The van der Waals surface area contributed by atoms with Gasteiger partial charge in [-0.05, 0) is 29.3 Å². The maximum atomic E-state index is 5.52. The normalized spacial score (nSPS) is 12.4. The summed E-state index contributed by atoms with van der Waals surface area (Å²) in [6, 6.07) is 7.55. The van der Waals surface area contributed by atoms with Crippen molar-refractivity contribution in [2.24, 2.45) is 21.7 Å². The van der Waals surface area contributed by atoms with E-state index in [1.807, 2.05) is 24.3 Å². The Bertz CT molecular complexity index is 411. The second-order valence-corrected chi connectivity index (χ2v) is 3.50. The van der Waals surface area contributed by atoms with E-state index < -0.39 is 0 Å². The van der Waals surface area contributed by atoms with Crippen molar-refractivity contribution in [1.82, 2.24) is 5.32 Å². The molecule has 0 bridgehead atoms. The van der Waals surface area contributed by atoms with Gasteiger partial charge in [0.1, 0.15) is 5.75 Å². The number of nitrogens with zero attached hydrogens (tertiary/aromatic N) is 2. The van der Waals surface area contributed by atoms with Crippen molar-refractivity contribution in [2.45, 2.75) is 6.54 Å². The summed E-state index contributed by atoms with van der Waals surface area (Å²) in [5.41, 5.74) is 11.6. The molecule has 5 N–H and O–H groups in total. The topological polar surface area (TPSA) is 98.0 Å². The molecule has 0 aliphatic rings. The zero-order valence-electron chi connectivity index (χ0n) is 9.35. The quantitative estimate of drug-likeness (QED) is 0.317. The van der Waals surface area contributed by atoms with E-state index in [1.54, 1.807) is 7.11 Å². The molecule has 92 valence electrons. The van der Waals surface area contributed by atoms with Crippen molar-refractivity contribution >= 4 is 22.9 Å². The first-order chi connectivity index (χ1) is 8.11. The summed E-state index contributed by atoms with van der Waals surface area (Å²) < 4.78 is 5.04. The number of methoxy groups -OCH3 is 1. The zero-order valence-corrected chi connectivity index (χ0v) is 10.1. The Morgan fingerprint density at radius 1 is 1.29 bits per heavy atom. The summed E-state index contributed by atoms with van der Waals surface area (Å²) in [6.45, 7) is 0.525. The third-order valence-corrected chi connectivity index (χ3v) is 1.96. The van der Waals surface area contributed by atoms with E-state index in [-0.39, 0.29) is 11.3 Å². The lowest BCUT2D eigenvalue weighted by Gasteiger charge is -2.05. The number of nitrogens with two attached hydrogens (primary N) is 2. The molecule has 6 nitrogen and oxygen atoms in total. The highest BCUT2D eigenvalue weighted by molar-refractivity contribution is 6.64. The van der Waals surface area contributed by atoms with Crippen molar-refractivity contribution < 1.29 is 4.74 Å². The summed E-state index contributed by atoms with van der Waals surface area (Å²) in [4.78, 5) is 0. The molecule has 0 unspecified atom stereocenters. The molecule has 0 aliphatic carbocycles. The van der Waals surface area contributed by atoms with E-state index >= 15 is 0 Å². The molecule has 0 heterocycles. The van der Waals surface area contributed by atoms with E-state index in [0.717, 1.165) is 11.3 Å².